The van der Waals surface area contributed by atoms with E-state index in [4.69, 9.17) is 4.74 Å². The standard InChI is InChI=1S/C16H17BrN2O2/c1-2-21-15-8-4-6-13(10-15)18-11-16(20)19-14-7-3-5-12(17)9-14/h3-10,18H,2,11H2,1H3,(H,19,20). The van der Waals surface area contributed by atoms with Gasteiger partial charge in [-0.2, -0.15) is 0 Å². The maximum Gasteiger partial charge on any atom is 0.243 e. The highest BCUT2D eigenvalue weighted by Crippen LogP contribution is 2.18. The van der Waals surface area contributed by atoms with Crippen molar-refractivity contribution in [3.8, 4) is 5.75 Å². The minimum Gasteiger partial charge on any atom is -0.494 e. The van der Waals surface area contributed by atoms with Crippen molar-refractivity contribution in [2.75, 3.05) is 23.8 Å². The number of amides is 1. The van der Waals surface area contributed by atoms with Gasteiger partial charge in [0.1, 0.15) is 5.75 Å². The summed E-state index contributed by atoms with van der Waals surface area (Å²) in [5, 5.41) is 5.90. The first-order valence-electron chi connectivity index (χ1n) is 6.69. The lowest BCUT2D eigenvalue weighted by molar-refractivity contribution is -0.114. The fraction of sp³-hybridized carbons (Fsp3) is 0.188. The topological polar surface area (TPSA) is 50.4 Å². The lowest BCUT2D eigenvalue weighted by Crippen LogP contribution is -2.21. The predicted octanol–water partition coefficient (Wildman–Crippen LogP) is 3.90. The number of hydrogen-bond acceptors (Lipinski definition) is 3. The number of ether oxygens (including phenoxy) is 1. The predicted molar refractivity (Wildman–Crippen MR) is 88.9 cm³/mol. The Labute approximate surface area is 132 Å². The minimum absolute atomic E-state index is 0.102. The van der Waals surface area contributed by atoms with Gasteiger partial charge in [-0.25, -0.2) is 0 Å². The molecule has 0 fully saturated rings. The molecule has 4 nitrogen and oxygen atoms in total. The molecular formula is C16H17BrN2O2. The average molecular weight is 349 g/mol. The Kier molecular flexibility index (Phi) is 5.63. The third-order valence-corrected chi connectivity index (χ3v) is 3.20. The summed E-state index contributed by atoms with van der Waals surface area (Å²) in [6.07, 6.45) is 0. The normalized spacial score (nSPS) is 10.0. The van der Waals surface area contributed by atoms with E-state index in [1.807, 2.05) is 55.5 Å². The fourth-order valence-corrected chi connectivity index (χ4v) is 2.22. The highest BCUT2D eigenvalue weighted by molar-refractivity contribution is 9.10. The van der Waals surface area contributed by atoms with Crippen molar-refractivity contribution < 1.29 is 9.53 Å². The Morgan fingerprint density at radius 3 is 2.67 bits per heavy atom. The molecule has 2 N–H and O–H groups in total. The first kappa shape index (κ1) is 15.4. The molecule has 0 aromatic heterocycles. The third kappa shape index (κ3) is 5.11. The van der Waals surface area contributed by atoms with E-state index in [1.165, 1.54) is 0 Å². The van der Waals surface area contributed by atoms with Crippen molar-refractivity contribution in [3.05, 3.63) is 53.0 Å². The van der Waals surface area contributed by atoms with E-state index in [1.54, 1.807) is 0 Å². The smallest absolute Gasteiger partial charge is 0.243 e. The molecule has 0 saturated heterocycles. The second-order valence-electron chi connectivity index (χ2n) is 4.37. The van der Waals surface area contributed by atoms with Crippen LogP contribution in [0.3, 0.4) is 0 Å². The van der Waals surface area contributed by atoms with Crippen LogP contribution in [0.5, 0.6) is 5.75 Å². The summed E-state index contributed by atoms with van der Waals surface area (Å²) in [7, 11) is 0. The van der Waals surface area contributed by atoms with Crippen LogP contribution in [0.4, 0.5) is 11.4 Å². The lowest BCUT2D eigenvalue weighted by Gasteiger charge is -2.09. The van der Waals surface area contributed by atoms with Crippen LogP contribution in [0.15, 0.2) is 53.0 Å². The lowest BCUT2D eigenvalue weighted by atomic mass is 10.3. The molecule has 1 amide bonds. The number of hydrogen-bond donors (Lipinski definition) is 2. The highest BCUT2D eigenvalue weighted by atomic mass is 79.9. The van der Waals surface area contributed by atoms with E-state index >= 15 is 0 Å². The van der Waals surface area contributed by atoms with E-state index in [0.29, 0.717) is 6.61 Å². The number of benzene rings is 2. The second-order valence-corrected chi connectivity index (χ2v) is 5.29. The zero-order chi connectivity index (χ0) is 15.1. The molecule has 2 rings (SSSR count). The van der Waals surface area contributed by atoms with Crippen LogP contribution in [0, 0.1) is 0 Å². The van der Waals surface area contributed by atoms with Gasteiger partial charge in [0.2, 0.25) is 5.91 Å². The molecule has 2 aromatic carbocycles. The first-order chi connectivity index (χ1) is 10.2. The Balaban J connectivity index is 1.87. The van der Waals surface area contributed by atoms with E-state index in [0.717, 1.165) is 21.6 Å². The summed E-state index contributed by atoms with van der Waals surface area (Å²) in [5.41, 5.74) is 1.62. The Morgan fingerprint density at radius 2 is 1.90 bits per heavy atom. The van der Waals surface area contributed by atoms with Gasteiger partial charge in [0.15, 0.2) is 0 Å². The van der Waals surface area contributed by atoms with Gasteiger partial charge in [-0.3, -0.25) is 4.79 Å². The van der Waals surface area contributed by atoms with Gasteiger partial charge < -0.3 is 15.4 Å². The molecule has 0 unspecified atom stereocenters. The molecule has 0 bridgehead atoms. The van der Waals surface area contributed by atoms with Crippen LogP contribution in [0.25, 0.3) is 0 Å². The Morgan fingerprint density at radius 1 is 1.14 bits per heavy atom. The van der Waals surface area contributed by atoms with Gasteiger partial charge in [0, 0.05) is 21.9 Å². The van der Waals surface area contributed by atoms with Crippen molar-refractivity contribution in [1.29, 1.82) is 0 Å². The zero-order valence-corrected chi connectivity index (χ0v) is 13.3. The van der Waals surface area contributed by atoms with Crippen molar-refractivity contribution in [1.82, 2.24) is 0 Å². The van der Waals surface area contributed by atoms with Crippen LogP contribution < -0.4 is 15.4 Å². The molecule has 5 heteroatoms. The van der Waals surface area contributed by atoms with Gasteiger partial charge in [0.05, 0.1) is 13.2 Å². The van der Waals surface area contributed by atoms with Gasteiger partial charge in [-0.1, -0.05) is 28.1 Å². The SMILES string of the molecule is CCOc1cccc(NCC(=O)Nc2cccc(Br)c2)c1. The number of anilines is 2. The molecule has 0 aliphatic rings. The van der Waals surface area contributed by atoms with E-state index in [2.05, 4.69) is 26.6 Å². The van der Waals surface area contributed by atoms with Gasteiger partial charge >= 0.3 is 0 Å². The molecule has 0 spiro atoms. The van der Waals surface area contributed by atoms with Gasteiger partial charge in [0.25, 0.3) is 0 Å². The number of carbonyl (C=O) groups excluding carboxylic acids is 1. The Bertz CT molecular complexity index is 617. The molecule has 0 aliphatic heterocycles. The average Bonchev–Trinajstić information content (AvgIpc) is 2.46. The molecule has 21 heavy (non-hydrogen) atoms. The monoisotopic (exact) mass is 348 g/mol. The summed E-state index contributed by atoms with van der Waals surface area (Å²) in [5.74, 6) is 0.685. The number of rotatable bonds is 6. The second kappa shape index (κ2) is 7.69. The van der Waals surface area contributed by atoms with Crippen LogP contribution in [-0.2, 0) is 4.79 Å². The summed E-state index contributed by atoms with van der Waals surface area (Å²) < 4.78 is 6.34. The van der Waals surface area contributed by atoms with Gasteiger partial charge in [-0.15, -0.1) is 0 Å². The fourth-order valence-electron chi connectivity index (χ4n) is 1.82. The summed E-state index contributed by atoms with van der Waals surface area (Å²) in [6, 6.07) is 15.0. The molecule has 0 aliphatic carbocycles. The van der Waals surface area contributed by atoms with Crippen molar-refractivity contribution in [3.63, 3.8) is 0 Å². The van der Waals surface area contributed by atoms with Gasteiger partial charge in [-0.05, 0) is 37.3 Å². The maximum absolute atomic E-state index is 11.9. The van der Waals surface area contributed by atoms with E-state index in [-0.39, 0.29) is 12.5 Å². The van der Waals surface area contributed by atoms with Crippen LogP contribution in [-0.4, -0.2) is 19.1 Å². The minimum atomic E-state index is -0.102. The van der Waals surface area contributed by atoms with E-state index < -0.39 is 0 Å². The quantitative estimate of drug-likeness (QED) is 0.832. The number of halogens is 1. The van der Waals surface area contributed by atoms with Crippen LogP contribution in [0.1, 0.15) is 6.92 Å². The molecule has 0 heterocycles. The third-order valence-electron chi connectivity index (χ3n) is 2.71. The van der Waals surface area contributed by atoms with Crippen LogP contribution >= 0.6 is 15.9 Å². The molecule has 2 aromatic rings. The number of carbonyl (C=O) groups is 1. The molecule has 0 saturated carbocycles. The van der Waals surface area contributed by atoms with Crippen molar-refractivity contribution >= 4 is 33.2 Å². The highest BCUT2D eigenvalue weighted by Gasteiger charge is 2.03. The maximum atomic E-state index is 11.9. The Hall–Kier alpha value is -2.01. The van der Waals surface area contributed by atoms with E-state index in [9.17, 15) is 4.79 Å². The zero-order valence-electron chi connectivity index (χ0n) is 11.7. The summed E-state index contributed by atoms with van der Waals surface area (Å²) >= 11 is 3.37. The molecule has 0 atom stereocenters. The molecule has 110 valence electrons. The largest absolute Gasteiger partial charge is 0.494 e. The number of nitrogens with one attached hydrogen (secondary N) is 2. The van der Waals surface area contributed by atoms with Crippen molar-refractivity contribution in [2.45, 2.75) is 6.92 Å². The first-order valence-corrected chi connectivity index (χ1v) is 7.49. The summed E-state index contributed by atoms with van der Waals surface area (Å²) in [4.78, 5) is 11.9. The summed E-state index contributed by atoms with van der Waals surface area (Å²) in [6.45, 7) is 2.75. The molecule has 0 radical (unpaired) electrons. The van der Waals surface area contributed by atoms with Crippen molar-refractivity contribution in [2.24, 2.45) is 0 Å². The molecular weight excluding hydrogens is 332 g/mol. The van der Waals surface area contributed by atoms with Crippen LogP contribution in [0.2, 0.25) is 0 Å².